The van der Waals surface area contributed by atoms with E-state index in [0.29, 0.717) is 5.69 Å². The summed E-state index contributed by atoms with van der Waals surface area (Å²) in [7, 11) is -3.33. The SMILES string of the molecule is CCN(CC)c1ccc(NC(=O)C(CCS(C)(=O)=O)NC(=O)OCc2ccccc2)cn1. The van der Waals surface area contributed by atoms with Crippen LogP contribution >= 0.6 is 0 Å². The molecule has 2 N–H and O–H groups in total. The second-order valence-corrected chi connectivity index (χ2v) is 9.50. The molecule has 0 fully saturated rings. The molecule has 1 atom stereocenters. The van der Waals surface area contributed by atoms with E-state index >= 15 is 0 Å². The molecule has 0 saturated heterocycles. The van der Waals surface area contributed by atoms with Crippen molar-refractivity contribution in [3.8, 4) is 0 Å². The van der Waals surface area contributed by atoms with Crippen LogP contribution < -0.4 is 15.5 Å². The van der Waals surface area contributed by atoms with Gasteiger partial charge in [0, 0.05) is 19.3 Å². The van der Waals surface area contributed by atoms with E-state index in [1.807, 2.05) is 32.0 Å². The zero-order valence-corrected chi connectivity index (χ0v) is 19.4. The molecule has 9 nitrogen and oxygen atoms in total. The van der Waals surface area contributed by atoms with Crippen LogP contribution in [0.1, 0.15) is 25.8 Å². The number of nitrogens with one attached hydrogen (secondary N) is 2. The van der Waals surface area contributed by atoms with E-state index in [9.17, 15) is 18.0 Å². The topological polar surface area (TPSA) is 118 Å². The van der Waals surface area contributed by atoms with Crippen LogP contribution in [0.3, 0.4) is 0 Å². The molecule has 2 amide bonds. The van der Waals surface area contributed by atoms with Crippen molar-refractivity contribution >= 4 is 33.3 Å². The summed E-state index contributed by atoms with van der Waals surface area (Å²) >= 11 is 0. The van der Waals surface area contributed by atoms with Gasteiger partial charge in [-0.3, -0.25) is 4.79 Å². The summed E-state index contributed by atoms with van der Waals surface area (Å²) in [6.45, 7) is 5.69. The zero-order valence-electron chi connectivity index (χ0n) is 18.6. The van der Waals surface area contributed by atoms with Gasteiger partial charge in [-0.1, -0.05) is 30.3 Å². The number of rotatable bonds is 11. The van der Waals surface area contributed by atoms with Crippen LogP contribution in [0.5, 0.6) is 0 Å². The molecule has 0 aliphatic heterocycles. The van der Waals surface area contributed by atoms with Gasteiger partial charge >= 0.3 is 6.09 Å². The summed E-state index contributed by atoms with van der Waals surface area (Å²) in [5, 5.41) is 5.14. The summed E-state index contributed by atoms with van der Waals surface area (Å²) in [6.07, 6.45) is 1.70. The molecule has 0 saturated carbocycles. The molecule has 0 aliphatic carbocycles. The molecule has 2 rings (SSSR count). The monoisotopic (exact) mass is 462 g/mol. The lowest BCUT2D eigenvalue weighted by atomic mass is 10.2. The molecule has 10 heteroatoms. The van der Waals surface area contributed by atoms with Crippen molar-refractivity contribution in [3.63, 3.8) is 0 Å². The molecule has 0 spiro atoms. The molecule has 1 aromatic heterocycles. The average Bonchev–Trinajstić information content (AvgIpc) is 2.77. The van der Waals surface area contributed by atoms with Crippen molar-refractivity contribution in [2.45, 2.75) is 32.9 Å². The van der Waals surface area contributed by atoms with Gasteiger partial charge in [0.2, 0.25) is 5.91 Å². The Bertz CT molecular complexity index is 977. The first kappa shape index (κ1) is 25.1. The summed E-state index contributed by atoms with van der Waals surface area (Å²) in [6, 6.07) is 11.5. The summed E-state index contributed by atoms with van der Waals surface area (Å²) in [5.74, 6) is -0.0321. The number of aromatic nitrogens is 1. The van der Waals surface area contributed by atoms with Gasteiger partial charge in [0.25, 0.3) is 0 Å². The highest BCUT2D eigenvalue weighted by molar-refractivity contribution is 7.90. The number of hydrogen-bond donors (Lipinski definition) is 2. The minimum absolute atomic E-state index is 0.0316. The fourth-order valence-electron chi connectivity index (χ4n) is 2.93. The van der Waals surface area contributed by atoms with Crippen molar-refractivity contribution in [2.75, 3.05) is 35.3 Å². The van der Waals surface area contributed by atoms with E-state index in [4.69, 9.17) is 4.74 Å². The van der Waals surface area contributed by atoms with E-state index < -0.39 is 27.9 Å². The van der Waals surface area contributed by atoms with E-state index in [0.717, 1.165) is 30.7 Å². The number of ether oxygens (including phenoxy) is 1. The maximum absolute atomic E-state index is 12.8. The fraction of sp³-hybridized carbons (Fsp3) is 0.409. The first-order chi connectivity index (χ1) is 15.2. The maximum atomic E-state index is 12.8. The minimum atomic E-state index is -3.33. The highest BCUT2D eigenvalue weighted by atomic mass is 32.2. The Morgan fingerprint density at radius 3 is 2.34 bits per heavy atom. The van der Waals surface area contributed by atoms with Crippen LogP contribution in [-0.4, -0.2) is 56.5 Å². The molecule has 1 aromatic carbocycles. The molecule has 32 heavy (non-hydrogen) atoms. The Balaban J connectivity index is 2.02. The predicted molar refractivity (Wildman–Crippen MR) is 124 cm³/mol. The largest absolute Gasteiger partial charge is 0.445 e. The Morgan fingerprint density at radius 1 is 1.09 bits per heavy atom. The van der Waals surface area contributed by atoms with Crippen LogP contribution in [0.2, 0.25) is 0 Å². The normalized spacial score (nSPS) is 12.0. The summed E-state index contributed by atoms with van der Waals surface area (Å²) < 4.78 is 28.3. The number of anilines is 2. The third-order valence-electron chi connectivity index (χ3n) is 4.70. The van der Waals surface area contributed by atoms with Crippen molar-refractivity contribution in [2.24, 2.45) is 0 Å². The van der Waals surface area contributed by atoms with E-state index in [1.165, 1.54) is 6.20 Å². The van der Waals surface area contributed by atoms with Crippen molar-refractivity contribution in [1.29, 1.82) is 0 Å². The summed E-state index contributed by atoms with van der Waals surface area (Å²) in [5.41, 5.74) is 1.23. The third kappa shape index (κ3) is 8.54. The van der Waals surface area contributed by atoms with Crippen molar-refractivity contribution in [3.05, 3.63) is 54.2 Å². The molecule has 0 radical (unpaired) electrons. The van der Waals surface area contributed by atoms with E-state index in [2.05, 4.69) is 20.5 Å². The second kappa shape index (κ2) is 12.0. The van der Waals surface area contributed by atoms with Crippen LogP contribution in [-0.2, 0) is 26.0 Å². The Morgan fingerprint density at radius 2 is 1.78 bits per heavy atom. The van der Waals surface area contributed by atoms with Crippen LogP contribution in [0.25, 0.3) is 0 Å². The second-order valence-electron chi connectivity index (χ2n) is 7.24. The van der Waals surface area contributed by atoms with Crippen molar-refractivity contribution < 1.29 is 22.7 Å². The van der Waals surface area contributed by atoms with Gasteiger partial charge < -0.3 is 20.3 Å². The molecule has 1 heterocycles. The number of carbonyl (C=O) groups is 2. The lowest BCUT2D eigenvalue weighted by Crippen LogP contribution is -2.45. The van der Waals surface area contributed by atoms with Gasteiger partial charge in [0.1, 0.15) is 28.3 Å². The molecule has 1 unspecified atom stereocenters. The predicted octanol–water partition coefficient (Wildman–Crippen LogP) is 2.60. The number of carbonyl (C=O) groups excluding carboxylic acids is 2. The van der Waals surface area contributed by atoms with Crippen LogP contribution in [0.4, 0.5) is 16.3 Å². The Labute approximate surface area is 189 Å². The molecular formula is C22H30N4O5S. The highest BCUT2D eigenvalue weighted by Gasteiger charge is 2.23. The van der Waals surface area contributed by atoms with Crippen LogP contribution in [0.15, 0.2) is 48.7 Å². The summed E-state index contributed by atoms with van der Waals surface area (Å²) in [4.78, 5) is 31.4. The van der Waals surface area contributed by atoms with Gasteiger partial charge in [0.15, 0.2) is 0 Å². The number of benzene rings is 1. The Hall–Kier alpha value is -3.14. The number of hydrogen-bond acceptors (Lipinski definition) is 7. The number of sulfone groups is 1. The molecule has 2 aromatic rings. The first-order valence-corrected chi connectivity index (χ1v) is 12.4. The number of alkyl carbamates (subject to hydrolysis) is 1. The van der Waals surface area contributed by atoms with E-state index in [1.54, 1.807) is 24.3 Å². The lowest BCUT2D eigenvalue weighted by molar-refractivity contribution is -0.118. The third-order valence-corrected chi connectivity index (χ3v) is 5.68. The minimum Gasteiger partial charge on any atom is -0.445 e. The molecular weight excluding hydrogens is 432 g/mol. The van der Waals surface area contributed by atoms with Crippen LogP contribution in [0, 0.1) is 0 Å². The maximum Gasteiger partial charge on any atom is 0.408 e. The highest BCUT2D eigenvalue weighted by Crippen LogP contribution is 2.14. The molecule has 0 aliphatic rings. The number of pyridine rings is 1. The first-order valence-electron chi connectivity index (χ1n) is 10.4. The van der Waals surface area contributed by atoms with Gasteiger partial charge in [-0.25, -0.2) is 18.2 Å². The van der Waals surface area contributed by atoms with Crippen molar-refractivity contribution in [1.82, 2.24) is 10.3 Å². The van der Waals surface area contributed by atoms with Gasteiger partial charge in [0.05, 0.1) is 17.6 Å². The molecule has 174 valence electrons. The fourth-order valence-corrected chi connectivity index (χ4v) is 3.60. The smallest absolute Gasteiger partial charge is 0.408 e. The zero-order chi connectivity index (χ0) is 23.6. The Kier molecular flexibility index (Phi) is 9.45. The lowest BCUT2D eigenvalue weighted by Gasteiger charge is -2.20. The average molecular weight is 463 g/mol. The standard InChI is InChI=1S/C22H30N4O5S/c1-4-26(5-2)20-12-11-18(15-23-20)24-21(27)19(13-14-32(3,29)30)25-22(28)31-16-17-9-7-6-8-10-17/h6-12,15,19H,4-5,13-14,16H2,1-3H3,(H,24,27)(H,25,28). The van der Waals surface area contributed by atoms with Gasteiger partial charge in [-0.05, 0) is 38.0 Å². The number of nitrogens with zero attached hydrogens (tertiary/aromatic N) is 2. The molecule has 0 bridgehead atoms. The van der Waals surface area contributed by atoms with E-state index in [-0.39, 0.29) is 18.8 Å². The quantitative estimate of drug-likeness (QED) is 0.527. The van der Waals surface area contributed by atoms with Gasteiger partial charge in [-0.2, -0.15) is 0 Å². The van der Waals surface area contributed by atoms with Gasteiger partial charge in [-0.15, -0.1) is 0 Å². The number of amides is 2.